The van der Waals surface area contributed by atoms with Crippen molar-refractivity contribution in [2.45, 2.75) is 40.5 Å². The van der Waals surface area contributed by atoms with Gasteiger partial charge in [0.05, 0.1) is 17.1 Å². The largest absolute Gasteiger partial charge is 0.460 e. The lowest BCUT2D eigenvalue weighted by Gasteiger charge is -2.11. The monoisotopic (exact) mass is 497 g/mol. The van der Waals surface area contributed by atoms with Crippen molar-refractivity contribution < 1.29 is 23.9 Å². The Kier molecular flexibility index (Phi) is 10.3. The molecule has 6 nitrogen and oxygen atoms in total. The number of unbranched alkanes of at least 4 members (excludes halogenated alkanes) is 1. The van der Waals surface area contributed by atoms with E-state index in [0.29, 0.717) is 16.9 Å². The molecule has 8 heteroatoms. The number of carbonyl (C=O) groups excluding carboxylic acids is 4. The van der Waals surface area contributed by atoms with E-state index >= 15 is 0 Å². The van der Waals surface area contributed by atoms with Gasteiger partial charge in [-0.25, -0.2) is 4.79 Å². The highest BCUT2D eigenvalue weighted by Crippen LogP contribution is 2.33. The molecule has 0 bridgehead atoms. The van der Waals surface area contributed by atoms with Crippen molar-refractivity contribution >= 4 is 57.8 Å². The summed E-state index contributed by atoms with van der Waals surface area (Å²) in [6, 6.07) is 9.63. The molecule has 0 unspecified atom stereocenters. The first-order valence-electron chi connectivity index (χ1n) is 10.8. The van der Waals surface area contributed by atoms with E-state index in [4.69, 9.17) is 17.0 Å². The summed E-state index contributed by atoms with van der Waals surface area (Å²) in [6.07, 6.45) is 7.25. The molecule has 1 aliphatic heterocycles. The van der Waals surface area contributed by atoms with Crippen LogP contribution in [0, 0.1) is 0 Å². The normalized spacial score (nSPS) is 15.5. The molecule has 0 atom stereocenters. The Hall–Kier alpha value is -3.10. The fourth-order valence-electron chi connectivity index (χ4n) is 2.84. The molecule has 0 aromatic heterocycles. The van der Waals surface area contributed by atoms with Crippen molar-refractivity contribution in [2.24, 2.45) is 0 Å². The number of esters is 1. The topological polar surface area (TPSA) is 80.8 Å². The fourth-order valence-corrected chi connectivity index (χ4v) is 4.10. The molecular formula is C26H27NO5S2. The summed E-state index contributed by atoms with van der Waals surface area (Å²) in [5.41, 5.74) is 1.97. The summed E-state index contributed by atoms with van der Waals surface area (Å²) in [7, 11) is 0. The first-order chi connectivity index (χ1) is 16.1. The van der Waals surface area contributed by atoms with Crippen molar-refractivity contribution in [3.05, 3.63) is 75.9 Å². The second-order valence-electron chi connectivity index (χ2n) is 7.80. The van der Waals surface area contributed by atoms with Gasteiger partial charge in [0, 0.05) is 6.20 Å². The molecule has 0 spiro atoms. The van der Waals surface area contributed by atoms with Gasteiger partial charge >= 0.3 is 5.97 Å². The van der Waals surface area contributed by atoms with Crippen LogP contribution in [0.25, 0.3) is 6.08 Å². The van der Waals surface area contributed by atoms with Crippen LogP contribution in [-0.4, -0.2) is 39.3 Å². The predicted octanol–water partition coefficient (Wildman–Crippen LogP) is 5.17. The highest BCUT2D eigenvalue weighted by atomic mass is 32.2. The molecule has 0 N–H and O–H groups in total. The molecule has 1 aliphatic rings. The zero-order valence-electron chi connectivity index (χ0n) is 19.6. The van der Waals surface area contributed by atoms with Crippen LogP contribution >= 0.6 is 24.0 Å². The van der Waals surface area contributed by atoms with Gasteiger partial charge in [-0.3, -0.25) is 19.3 Å². The molecule has 2 rings (SSSR count). The van der Waals surface area contributed by atoms with E-state index in [9.17, 15) is 19.2 Å². The van der Waals surface area contributed by atoms with E-state index in [-0.39, 0.29) is 10.9 Å². The van der Waals surface area contributed by atoms with Crippen LogP contribution < -0.4 is 0 Å². The zero-order valence-corrected chi connectivity index (χ0v) is 21.3. The molecule has 1 aromatic carbocycles. The molecule has 178 valence electrons. The van der Waals surface area contributed by atoms with Crippen LogP contribution in [0.5, 0.6) is 0 Å². The van der Waals surface area contributed by atoms with Crippen LogP contribution in [0.4, 0.5) is 0 Å². The molecular weight excluding hydrogens is 470 g/mol. The van der Waals surface area contributed by atoms with Crippen LogP contribution in [0.3, 0.4) is 0 Å². The Labute approximate surface area is 209 Å². The molecule has 1 saturated heterocycles. The number of amides is 1. The Morgan fingerprint density at radius 1 is 1.12 bits per heavy atom. The number of ether oxygens (including phenoxy) is 1. The quantitative estimate of drug-likeness (QED) is 0.0839. The number of rotatable bonds is 10. The lowest BCUT2D eigenvalue weighted by molar-refractivity contribution is -0.152. The fraction of sp³-hybridized carbons (Fsp3) is 0.269. The standard InChI is InChI=1S/C26H27NO5S2/c1-5-6-12-32-25(31)23(29)20(21(28)13-17(2)3)16-27-24(30)22(34-26(27)33)15-18(4)14-19-10-8-7-9-11-19/h7-11,13-16H,5-6,12H2,1-4H3. The summed E-state index contributed by atoms with van der Waals surface area (Å²) < 4.78 is 5.12. The van der Waals surface area contributed by atoms with E-state index in [1.807, 2.05) is 50.3 Å². The summed E-state index contributed by atoms with van der Waals surface area (Å²) >= 11 is 6.37. The van der Waals surface area contributed by atoms with Gasteiger partial charge in [0.2, 0.25) is 0 Å². The van der Waals surface area contributed by atoms with Crippen LogP contribution in [-0.2, 0) is 23.9 Å². The minimum Gasteiger partial charge on any atom is -0.460 e. The second kappa shape index (κ2) is 13.0. The van der Waals surface area contributed by atoms with E-state index in [1.54, 1.807) is 19.9 Å². The van der Waals surface area contributed by atoms with Gasteiger partial charge in [-0.1, -0.05) is 79.3 Å². The van der Waals surface area contributed by atoms with E-state index in [1.165, 1.54) is 6.08 Å². The Morgan fingerprint density at radius 2 is 1.79 bits per heavy atom. The number of allylic oxidation sites excluding steroid dienone is 4. The lowest BCUT2D eigenvalue weighted by atomic mass is 10.1. The van der Waals surface area contributed by atoms with Crippen LogP contribution in [0.1, 0.15) is 46.1 Å². The number of carbonyl (C=O) groups is 4. The molecule has 1 aromatic rings. The van der Waals surface area contributed by atoms with Gasteiger partial charge in [0.1, 0.15) is 0 Å². The molecule has 1 heterocycles. The SMILES string of the molecule is CCCCOC(=O)C(=O)C(=CN1C(=O)C(=CC(C)=Cc2ccccc2)SC1=S)C(=O)C=C(C)C. The van der Waals surface area contributed by atoms with Gasteiger partial charge in [-0.15, -0.1) is 0 Å². The average molecular weight is 498 g/mol. The number of thioether (sulfide) groups is 1. The van der Waals surface area contributed by atoms with Gasteiger partial charge in [0.25, 0.3) is 11.7 Å². The third-order valence-corrected chi connectivity index (χ3v) is 5.81. The van der Waals surface area contributed by atoms with Crippen molar-refractivity contribution in [3.8, 4) is 0 Å². The Morgan fingerprint density at radius 3 is 2.41 bits per heavy atom. The van der Waals surface area contributed by atoms with Crippen molar-refractivity contribution in [2.75, 3.05) is 6.61 Å². The number of benzene rings is 1. The molecule has 34 heavy (non-hydrogen) atoms. The molecule has 0 radical (unpaired) electrons. The third kappa shape index (κ3) is 7.74. The minimum absolute atomic E-state index is 0.0714. The second-order valence-corrected chi connectivity index (χ2v) is 9.47. The van der Waals surface area contributed by atoms with E-state index in [0.717, 1.165) is 40.4 Å². The molecule has 1 amide bonds. The molecule has 1 fully saturated rings. The van der Waals surface area contributed by atoms with Crippen LogP contribution in [0.2, 0.25) is 0 Å². The summed E-state index contributed by atoms with van der Waals surface area (Å²) in [5, 5.41) is 0. The maximum atomic E-state index is 13.0. The third-order valence-electron chi connectivity index (χ3n) is 4.48. The Bertz CT molecular complexity index is 1110. The highest BCUT2D eigenvalue weighted by Gasteiger charge is 2.34. The van der Waals surface area contributed by atoms with E-state index < -0.39 is 29.0 Å². The first-order valence-corrected chi connectivity index (χ1v) is 12.0. The van der Waals surface area contributed by atoms with Crippen LogP contribution in [0.15, 0.2) is 70.3 Å². The van der Waals surface area contributed by atoms with Crippen molar-refractivity contribution in [1.29, 1.82) is 0 Å². The number of ketones is 2. The average Bonchev–Trinajstić information content (AvgIpc) is 3.03. The molecule has 0 aliphatic carbocycles. The lowest BCUT2D eigenvalue weighted by Crippen LogP contribution is -2.29. The zero-order chi connectivity index (χ0) is 25.3. The summed E-state index contributed by atoms with van der Waals surface area (Å²) in [6.45, 7) is 7.21. The Balaban J connectivity index is 2.35. The number of hydrogen-bond acceptors (Lipinski definition) is 7. The smallest absolute Gasteiger partial charge is 0.379 e. The number of nitrogens with zero attached hydrogens (tertiary/aromatic N) is 1. The van der Waals surface area contributed by atoms with Gasteiger partial charge in [-0.05, 0) is 50.5 Å². The van der Waals surface area contributed by atoms with Crippen molar-refractivity contribution in [1.82, 2.24) is 4.90 Å². The van der Waals surface area contributed by atoms with Crippen molar-refractivity contribution in [3.63, 3.8) is 0 Å². The summed E-state index contributed by atoms with van der Waals surface area (Å²) in [4.78, 5) is 52.1. The molecule has 0 saturated carbocycles. The number of hydrogen-bond donors (Lipinski definition) is 0. The van der Waals surface area contributed by atoms with Gasteiger partial charge < -0.3 is 4.74 Å². The summed E-state index contributed by atoms with van der Waals surface area (Å²) in [5.74, 6) is -3.43. The van der Waals surface area contributed by atoms with E-state index in [2.05, 4.69) is 0 Å². The number of thiocarbonyl (C=S) groups is 1. The maximum Gasteiger partial charge on any atom is 0.379 e. The van der Waals surface area contributed by atoms with Gasteiger partial charge in [-0.2, -0.15) is 0 Å². The number of Topliss-reactive ketones (excluding diaryl/α,β-unsaturated/α-hetero) is 1. The first kappa shape index (κ1) is 27.1. The predicted molar refractivity (Wildman–Crippen MR) is 139 cm³/mol. The maximum absolute atomic E-state index is 13.0. The minimum atomic E-state index is -1.14. The highest BCUT2D eigenvalue weighted by molar-refractivity contribution is 8.26. The van der Waals surface area contributed by atoms with Gasteiger partial charge in [0.15, 0.2) is 10.1 Å².